The highest BCUT2D eigenvalue weighted by Gasteiger charge is 2.32. The van der Waals surface area contributed by atoms with Crippen LogP contribution in [0.5, 0.6) is 0 Å². The smallest absolute Gasteiger partial charge is 0.271 e. The van der Waals surface area contributed by atoms with Crippen LogP contribution in [0.15, 0.2) is 92.8 Å². The van der Waals surface area contributed by atoms with Crippen molar-refractivity contribution >= 4 is 37.5 Å². The van der Waals surface area contributed by atoms with Gasteiger partial charge in [-0.25, -0.2) is 8.42 Å². The molecule has 0 unspecified atom stereocenters. The van der Waals surface area contributed by atoms with Crippen molar-refractivity contribution in [1.29, 1.82) is 0 Å². The van der Waals surface area contributed by atoms with E-state index in [4.69, 9.17) is 4.52 Å². The number of aromatic nitrogens is 1. The van der Waals surface area contributed by atoms with Gasteiger partial charge in [-0.05, 0) is 70.7 Å². The van der Waals surface area contributed by atoms with E-state index in [0.717, 1.165) is 16.7 Å². The lowest BCUT2D eigenvalue weighted by molar-refractivity contribution is 0.424. The lowest BCUT2D eigenvalue weighted by atomic mass is 10.1. The Kier molecular flexibility index (Phi) is 5.49. The first-order valence-corrected chi connectivity index (χ1v) is 11.5. The van der Waals surface area contributed by atoms with Crippen LogP contribution in [0.25, 0.3) is 11.1 Å². The first-order chi connectivity index (χ1) is 14.4. The topological polar surface area (TPSA) is 63.4 Å². The Morgan fingerprint density at radius 1 is 0.867 bits per heavy atom. The molecular formula is C23H19BrN2O3S. The number of benzene rings is 3. The summed E-state index contributed by atoms with van der Waals surface area (Å²) in [6, 6.07) is 23.9. The van der Waals surface area contributed by atoms with Gasteiger partial charge in [0, 0.05) is 0 Å². The number of aryl methyl sites for hydroxylation is 2. The number of rotatable bonds is 5. The van der Waals surface area contributed by atoms with Gasteiger partial charge in [0.05, 0.1) is 16.3 Å². The predicted octanol–water partition coefficient (Wildman–Crippen LogP) is 6.25. The van der Waals surface area contributed by atoms with Crippen LogP contribution in [-0.4, -0.2) is 13.6 Å². The Bertz CT molecular complexity index is 1280. The van der Waals surface area contributed by atoms with Gasteiger partial charge in [-0.15, -0.1) is 0 Å². The molecule has 0 saturated heterocycles. The van der Waals surface area contributed by atoms with Crippen LogP contribution in [0, 0.1) is 13.8 Å². The lowest BCUT2D eigenvalue weighted by Crippen LogP contribution is -2.26. The molecule has 4 rings (SSSR count). The number of hydrogen-bond acceptors (Lipinski definition) is 4. The fourth-order valence-electron chi connectivity index (χ4n) is 3.15. The highest BCUT2D eigenvalue weighted by molar-refractivity contribution is 9.10. The van der Waals surface area contributed by atoms with Crippen molar-refractivity contribution in [1.82, 2.24) is 5.16 Å². The van der Waals surface area contributed by atoms with Gasteiger partial charge in [0.1, 0.15) is 4.47 Å². The Hall–Kier alpha value is -2.90. The van der Waals surface area contributed by atoms with Crippen molar-refractivity contribution in [3.05, 3.63) is 94.6 Å². The number of hydrogen-bond donors (Lipinski definition) is 0. The number of sulfonamides is 1. The van der Waals surface area contributed by atoms with Crippen molar-refractivity contribution < 1.29 is 12.9 Å². The van der Waals surface area contributed by atoms with Crippen LogP contribution < -0.4 is 4.31 Å². The third-order valence-electron chi connectivity index (χ3n) is 4.69. The van der Waals surface area contributed by atoms with Gasteiger partial charge in [0.25, 0.3) is 15.9 Å². The van der Waals surface area contributed by atoms with E-state index in [1.165, 1.54) is 4.31 Å². The largest absolute Gasteiger partial charge is 0.336 e. The summed E-state index contributed by atoms with van der Waals surface area (Å²) in [7, 11) is -3.96. The minimum atomic E-state index is -3.96. The second-order valence-corrected chi connectivity index (χ2v) is 9.47. The van der Waals surface area contributed by atoms with E-state index in [1.54, 1.807) is 43.3 Å². The molecule has 0 spiro atoms. The van der Waals surface area contributed by atoms with Gasteiger partial charge in [-0.2, -0.15) is 4.31 Å². The van der Waals surface area contributed by atoms with Crippen LogP contribution in [-0.2, 0) is 10.0 Å². The molecule has 0 saturated carbocycles. The Balaban J connectivity index is 1.83. The van der Waals surface area contributed by atoms with Gasteiger partial charge >= 0.3 is 0 Å². The first-order valence-electron chi connectivity index (χ1n) is 9.27. The summed E-state index contributed by atoms with van der Waals surface area (Å²) >= 11 is 3.41. The highest BCUT2D eigenvalue weighted by Crippen LogP contribution is 2.39. The molecule has 0 atom stereocenters. The molecule has 0 amide bonds. The van der Waals surface area contributed by atoms with Crippen molar-refractivity contribution in [2.75, 3.05) is 4.31 Å². The molecule has 4 aromatic rings. The zero-order chi connectivity index (χ0) is 21.3. The van der Waals surface area contributed by atoms with E-state index in [2.05, 4.69) is 21.1 Å². The van der Waals surface area contributed by atoms with Crippen LogP contribution in [0.2, 0.25) is 0 Å². The van der Waals surface area contributed by atoms with E-state index in [1.807, 2.05) is 49.4 Å². The first kappa shape index (κ1) is 20.4. The van der Waals surface area contributed by atoms with E-state index < -0.39 is 10.0 Å². The third kappa shape index (κ3) is 3.78. The van der Waals surface area contributed by atoms with E-state index in [-0.39, 0.29) is 10.8 Å². The summed E-state index contributed by atoms with van der Waals surface area (Å²) in [6.07, 6.45) is 0. The molecule has 0 aliphatic rings. The van der Waals surface area contributed by atoms with Gasteiger partial charge < -0.3 is 4.52 Å². The average Bonchev–Trinajstić information content (AvgIpc) is 3.07. The highest BCUT2D eigenvalue weighted by atomic mass is 79.9. The third-order valence-corrected chi connectivity index (χ3v) is 7.33. The summed E-state index contributed by atoms with van der Waals surface area (Å²) in [6.45, 7) is 3.65. The van der Waals surface area contributed by atoms with Crippen molar-refractivity contribution in [2.45, 2.75) is 18.7 Å². The zero-order valence-electron chi connectivity index (χ0n) is 16.4. The summed E-state index contributed by atoms with van der Waals surface area (Å²) in [4.78, 5) is 0.157. The maximum absolute atomic E-state index is 13.7. The second kappa shape index (κ2) is 8.08. The van der Waals surface area contributed by atoms with Gasteiger partial charge in [-0.1, -0.05) is 59.8 Å². The van der Waals surface area contributed by atoms with E-state index in [0.29, 0.717) is 15.9 Å². The number of anilines is 2. The second-order valence-electron chi connectivity index (χ2n) is 6.89. The fourth-order valence-corrected chi connectivity index (χ4v) is 5.01. The number of nitrogens with zero attached hydrogens (tertiary/aromatic N) is 2. The zero-order valence-corrected chi connectivity index (χ0v) is 18.8. The summed E-state index contributed by atoms with van der Waals surface area (Å²) < 4.78 is 34.4. The Labute approximate surface area is 184 Å². The molecule has 0 N–H and O–H groups in total. The van der Waals surface area contributed by atoms with Crippen molar-refractivity contribution in [2.24, 2.45) is 0 Å². The summed E-state index contributed by atoms with van der Waals surface area (Å²) in [5.74, 6) is 0.116. The Morgan fingerprint density at radius 3 is 2.13 bits per heavy atom. The molecule has 0 aliphatic heterocycles. The fraction of sp³-hybridized carbons (Fsp3) is 0.0870. The van der Waals surface area contributed by atoms with Crippen molar-refractivity contribution in [3.63, 3.8) is 0 Å². The molecule has 0 bridgehead atoms. The van der Waals surface area contributed by atoms with Crippen LogP contribution in [0.4, 0.5) is 11.6 Å². The molecule has 0 fully saturated rings. The molecular weight excluding hydrogens is 464 g/mol. The normalized spacial score (nSPS) is 11.4. The quantitative estimate of drug-likeness (QED) is 0.337. The molecule has 7 heteroatoms. The predicted molar refractivity (Wildman–Crippen MR) is 121 cm³/mol. The molecule has 30 heavy (non-hydrogen) atoms. The average molecular weight is 483 g/mol. The molecule has 0 aliphatic carbocycles. The monoisotopic (exact) mass is 482 g/mol. The van der Waals surface area contributed by atoms with Gasteiger partial charge in [0.2, 0.25) is 0 Å². The molecule has 1 aromatic heterocycles. The molecule has 152 valence electrons. The Morgan fingerprint density at radius 2 is 1.53 bits per heavy atom. The lowest BCUT2D eigenvalue weighted by Gasteiger charge is -2.22. The summed E-state index contributed by atoms with van der Waals surface area (Å²) in [5.41, 5.74) is 3.93. The van der Waals surface area contributed by atoms with Gasteiger partial charge in [-0.3, -0.25) is 0 Å². The van der Waals surface area contributed by atoms with Crippen LogP contribution in [0.1, 0.15) is 11.3 Å². The van der Waals surface area contributed by atoms with Crippen molar-refractivity contribution in [3.8, 4) is 11.1 Å². The van der Waals surface area contributed by atoms with E-state index in [9.17, 15) is 8.42 Å². The maximum Gasteiger partial charge on any atom is 0.271 e. The molecule has 0 radical (unpaired) electrons. The molecule has 1 heterocycles. The number of halogens is 1. The maximum atomic E-state index is 13.7. The van der Waals surface area contributed by atoms with E-state index >= 15 is 0 Å². The molecule has 5 nitrogen and oxygen atoms in total. The standard InChI is InChI=1S/C23H19BrN2O3S/c1-16-7-6-10-20(15-16)26(23-22(24)17(2)25-29-23)30(27,28)21-13-11-19(12-14-21)18-8-4-3-5-9-18/h3-15H,1-2H3. The minimum absolute atomic E-state index is 0.116. The minimum Gasteiger partial charge on any atom is -0.336 e. The van der Waals surface area contributed by atoms with Crippen LogP contribution >= 0.6 is 15.9 Å². The summed E-state index contributed by atoms with van der Waals surface area (Å²) in [5, 5.41) is 3.92. The molecule has 3 aromatic carbocycles. The van der Waals surface area contributed by atoms with Gasteiger partial charge in [0.15, 0.2) is 0 Å². The SMILES string of the molecule is Cc1cccc(N(c2onc(C)c2Br)S(=O)(=O)c2ccc(-c3ccccc3)cc2)c1. The van der Waals surface area contributed by atoms with Crippen LogP contribution in [0.3, 0.4) is 0 Å².